The smallest absolute Gasteiger partial charge is 0.159 e. The SMILES string of the molecule is C[Si](C)(C)C#Cc1ccc(-c2ncc(Br)cn2)cc1. The fraction of sp³-hybridized carbons (Fsp3) is 0.200. The van der Waals surface area contributed by atoms with Crippen LogP contribution in [0.3, 0.4) is 0 Å². The van der Waals surface area contributed by atoms with E-state index >= 15 is 0 Å². The highest BCUT2D eigenvalue weighted by atomic mass is 79.9. The average molecular weight is 331 g/mol. The molecule has 0 N–H and O–H groups in total. The second-order valence-electron chi connectivity index (χ2n) is 5.30. The van der Waals surface area contributed by atoms with E-state index in [1.807, 2.05) is 24.3 Å². The zero-order valence-electron chi connectivity index (χ0n) is 11.2. The van der Waals surface area contributed by atoms with Crippen LogP contribution >= 0.6 is 15.9 Å². The van der Waals surface area contributed by atoms with E-state index in [2.05, 4.69) is 57.0 Å². The molecular formula is C15H15BrN2Si. The van der Waals surface area contributed by atoms with Gasteiger partial charge in [0, 0.05) is 23.5 Å². The molecule has 1 heterocycles. The minimum atomic E-state index is -1.31. The lowest BCUT2D eigenvalue weighted by Crippen LogP contribution is -2.16. The number of benzene rings is 1. The van der Waals surface area contributed by atoms with Crippen molar-refractivity contribution in [3.8, 4) is 22.9 Å². The van der Waals surface area contributed by atoms with Crippen LogP contribution in [-0.2, 0) is 0 Å². The molecule has 0 aliphatic rings. The number of hydrogen-bond acceptors (Lipinski definition) is 2. The van der Waals surface area contributed by atoms with Gasteiger partial charge in [-0.1, -0.05) is 25.6 Å². The number of rotatable bonds is 1. The van der Waals surface area contributed by atoms with Crippen molar-refractivity contribution in [3.05, 3.63) is 46.7 Å². The fourth-order valence-corrected chi connectivity index (χ4v) is 2.15. The van der Waals surface area contributed by atoms with Gasteiger partial charge in [-0.15, -0.1) is 5.54 Å². The maximum atomic E-state index is 4.28. The van der Waals surface area contributed by atoms with Crippen molar-refractivity contribution in [3.63, 3.8) is 0 Å². The Morgan fingerprint density at radius 1 is 1.00 bits per heavy atom. The van der Waals surface area contributed by atoms with Gasteiger partial charge in [-0.2, -0.15) is 0 Å². The van der Waals surface area contributed by atoms with Crippen molar-refractivity contribution in [2.45, 2.75) is 19.6 Å². The molecule has 19 heavy (non-hydrogen) atoms. The van der Waals surface area contributed by atoms with Gasteiger partial charge in [0.05, 0.1) is 4.47 Å². The Morgan fingerprint density at radius 3 is 2.11 bits per heavy atom. The summed E-state index contributed by atoms with van der Waals surface area (Å²) in [7, 11) is -1.31. The largest absolute Gasteiger partial charge is 0.235 e. The van der Waals surface area contributed by atoms with Gasteiger partial charge in [0.1, 0.15) is 8.07 Å². The van der Waals surface area contributed by atoms with Crippen LogP contribution in [0, 0.1) is 11.5 Å². The first-order valence-corrected chi connectivity index (χ1v) is 10.3. The predicted octanol–water partition coefficient (Wildman–Crippen LogP) is 4.14. The van der Waals surface area contributed by atoms with Gasteiger partial charge in [-0.05, 0) is 40.2 Å². The van der Waals surface area contributed by atoms with Gasteiger partial charge in [0.25, 0.3) is 0 Å². The third-order valence-corrected chi connectivity index (χ3v) is 3.63. The molecule has 0 radical (unpaired) electrons. The Balaban J connectivity index is 2.23. The van der Waals surface area contributed by atoms with E-state index in [0.29, 0.717) is 0 Å². The van der Waals surface area contributed by atoms with Gasteiger partial charge in [-0.25, -0.2) is 9.97 Å². The quantitative estimate of drug-likeness (QED) is 0.580. The van der Waals surface area contributed by atoms with Crippen LogP contribution in [0.1, 0.15) is 5.56 Å². The van der Waals surface area contributed by atoms with Crippen molar-refractivity contribution in [2.24, 2.45) is 0 Å². The molecule has 0 unspecified atom stereocenters. The summed E-state index contributed by atoms with van der Waals surface area (Å²) in [6.07, 6.45) is 3.50. The van der Waals surface area contributed by atoms with Crippen molar-refractivity contribution in [1.29, 1.82) is 0 Å². The van der Waals surface area contributed by atoms with Crippen molar-refractivity contribution < 1.29 is 0 Å². The maximum Gasteiger partial charge on any atom is 0.159 e. The molecule has 0 bridgehead atoms. The predicted molar refractivity (Wildman–Crippen MR) is 85.4 cm³/mol. The summed E-state index contributed by atoms with van der Waals surface area (Å²) in [6.45, 7) is 6.72. The van der Waals surface area contributed by atoms with Crippen LogP contribution in [-0.4, -0.2) is 18.0 Å². The normalized spacial score (nSPS) is 10.7. The summed E-state index contributed by atoms with van der Waals surface area (Å²) in [4.78, 5) is 8.55. The third kappa shape index (κ3) is 4.30. The standard InChI is InChI=1S/C15H15BrN2Si/c1-19(2,3)9-8-12-4-6-13(7-5-12)15-17-10-14(16)11-18-15/h4-7,10-11H,1-3H3. The second-order valence-corrected chi connectivity index (χ2v) is 11.0. The van der Waals surface area contributed by atoms with Crippen molar-refractivity contribution in [1.82, 2.24) is 9.97 Å². The van der Waals surface area contributed by atoms with E-state index in [9.17, 15) is 0 Å². The Bertz CT molecular complexity index is 616. The Hall–Kier alpha value is -1.44. The highest BCUT2D eigenvalue weighted by Gasteiger charge is 2.07. The van der Waals surface area contributed by atoms with Crippen molar-refractivity contribution in [2.75, 3.05) is 0 Å². The Morgan fingerprint density at radius 2 is 1.58 bits per heavy atom. The molecule has 96 valence electrons. The molecule has 4 heteroatoms. The first-order valence-electron chi connectivity index (χ1n) is 6.05. The molecule has 0 spiro atoms. The van der Waals surface area contributed by atoms with Crippen molar-refractivity contribution >= 4 is 24.0 Å². The third-order valence-electron chi connectivity index (χ3n) is 2.35. The topological polar surface area (TPSA) is 25.8 Å². The summed E-state index contributed by atoms with van der Waals surface area (Å²) in [5.74, 6) is 3.97. The molecule has 1 aromatic heterocycles. The fourth-order valence-electron chi connectivity index (χ4n) is 1.42. The van der Waals surface area contributed by atoms with Gasteiger partial charge in [-0.3, -0.25) is 0 Å². The zero-order valence-corrected chi connectivity index (χ0v) is 13.8. The van der Waals surface area contributed by atoms with E-state index in [1.54, 1.807) is 12.4 Å². The molecule has 1 aromatic carbocycles. The number of aromatic nitrogens is 2. The molecule has 2 aromatic rings. The van der Waals surface area contributed by atoms with Crippen LogP contribution in [0.2, 0.25) is 19.6 Å². The van der Waals surface area contributed by atoms with Crippen LogP contribution in [0.15, 0.2) is 41.1 Å². The Labute approximate surface area is 123 Å². The highest BCUT2D eigenvalue weighted by Crippen LogP contribution is 2.16. The molecular weight excluding hydrogens is 316 g/mol. The summed E-state index contributed by atoms with van der Waals surface area (Å²) in [5, 5.41) is 0. The summed E-state index contributed by atoms with van der Waals surface area (Å²) in [5.41, 5.74) is 5.41. The lowest BCUT2D eigenvalue weighted by molar-refractivity contribution is 1.16. The molecule has 2 rings (SSSR count). The van der Waals surface area contributed by atoms with E-state index in [1.165, 1.54) is 0 Å². The molecule has 0 saturated carbocycles. The van der Waals surface area contributed by atoms with Gasteiger partial charge >= 0.3 is 0 Å². The second kappa shape index (κ2) is 5.68. The molecule has 0 atom stereocenters. The minimum Gasteiger partial charge on any atom is -0.235 e. The highest BCUT2D eigenvalue weighted by molar-refractivity contribution is 9.10. The summed E-state index contributed by atoms with van der Waals surface area (Å²) >= 11 is 3.33. The molecule has 0 amide bonds. The Kier molecular flexibility index (Phi) is 4.18. The van der Waals surface area contributed by atoms with Gasteiger partial charge < -0.3 is 0 Å². The van der Waals surface area contributed by atoms with Crippen LogP contribution in [0.4, 0.5) is 0 Å². The number of nitrogens with zero attached hydrogens (tertiary/aromatic N) is 2. The van der Waals surface area contributed by atoms with Crippen LogP contribution in [0.5, 0.6) is 0 Å². The van der Waals surface area contributed by atoms with E-state index in [4.69, 9.17) is 0 Å². The molecule has 2 nitrogen and oxygen atoms in total. The molecule has 0 saturated heterocycles. The average Bonchev–Trinajstić information content (AvgIpc) is 2.37. The van der Waals surface area contributed by atoms with E-state index < -0.39 is 8.07 Å². The lowest BCUT2D eigenvalue weighted by Gasteiger charge is -2.03. The molecule has 0 aliphatic carbocycles. The first kappa shape index (κ1) is 14.0. The monoisotopic (exact) mass is 330 g/mol. The molecule has 0 aliphatic heterocycles. The minimum absolute atomic E-state index is 0.730. The van der Waals surface area contributed by atoms with E-state index in [-0.39, 0.29) is 0 Å². The summed E-state index contributed by atoms with van der Waals surface area (Å²) in [6, 6.07) is 8.07. The number of hydrogen-bond donors (Lipinski definition) is 0. The van der Waals surface area contributed by atoms with Gasteiger partial charge in [0.15, 0.2) is 5.82 Å². The van der Waals surface area contributed by atoms with Crippen LogP contribution in [0.25, 0.3) is 11.4 Å². The lowest BCUT2D eigenvalue weighted by atomic mass is 10.1. The maximum absolute atomic E-state index is 4.28. The molecule has 0 fully saturated rings. The van der Waals surface area contributed by atoms with Crippen LogP contribution < -0.4 is 0 Å². The number of halogens is 1. The first-order chi connectivity index (χ1) is 8.94. The zero-order chi connectivity index (χ0) is 13.9. The van der Waals surface area contributed by atoms with Gasteiger partial charge in [0.2, 0.25) is 0 Å². The summed E-state index contributed by atoms with van der Waals surface area (Å²) < 4.78 is 0.883. The van der Waals surface area contributed by atoms with E-state index in [0.717, 1.165) is 21.4 Å².